The van der Waals surface area contributed by atoms with Gasteiger partial charge in [-0.1, -0.05) is 12.8 Å². The van der Waals surface area contributed by atoms with Gasteiger partial charge in [0.25, 0.3) is 0 Å². The number of rotatable bonds is 5. The zero-order valence-corrected chi connectivity index (χ0v) is 10.9. The number of amides is 2. The van der Waals surface area contributed by atoms with Gasteiger partial charge in [0.15, 0.2) is 0 Å². The van der Waals surface area contributed by atoms with Gasteiger partial charge in [0.05, 0.1) is 12.5 Å². The average molecular weight is 268 g/mol. The van der Waals surface area contributed by atoms with Crippen LogP contribution in [0.15, 0.2) is 0 Å². The molecular weight excluding hydrogens is 248 g/mol. The highest BCUT2D eigenvalue weighted by Crippen LogP contribution is 2.44. The standard InChI is InChI=1S/C13H20N2O4/c16-10-5-9(8-14-10)15-11(17)6-13(7-12(18)19)3-1-2-4-13/h9H,1-8H2,(H,14,16)(H,15,17)(H,18,19). The summed E-state index contributed by atoms with van der Waals surface area (Å²) in [5.74, 6) is -1.02. The first-order chi connectivity index (χ1) is 8.99. The molecule has 3 N–H and O–H groups in total. The highest BCUT2D eigenvalue weighted by atomic mass is 16.4. The van der Waals surface area contributed by atoms with E-state index in [2.05, 4.69) is 10.6 Å². The van der Waals surface area contributed by atoms with Gasteiger partial charge in [-0.05, 0) is 18.3 Å². The molecule has 0 aromatic carbocycles. The van der Waals surface area contributed by atoms with Crippen molar-refractivity contribution in [3.8, 4) is 0 Å². The lowest BCUT2D eigenvalue weighted by molar-refractivity contribution is -0.140. The zero-order chi connectivity index (χ0) is 13.9. The quantitative estimate of drug-likeness (QED) is 0.673. The third-order valence-electron chi connectivity index (χ3n) is 4.07. The maximum absolute atomic E-state index is 12.0. The molecule has 1 saturated heterocycles. The number of carboxylic acids is 1. The van der Waals surface area contributed by atoms with Gasteiger partial charge in [-0.2, -0.15) is 0 Å². The lowest BCUT2D eigenvalue weighted by atomic mass is 9.79. The number of aliphatic carboxylic acids is 1. The van der Waals surface area contributed by atoms with Gasteiger partial charge in [0.2, 0.25) is 11.8 Å². The first kappa shape index (κ1) is 13.8. The lowest BCUT2D eigenvalue weighted by Crippen LogP contribution is -2.39. The molecule has 1 aliphatic heterocycles. The summed E-state index contributed by atoms with van der Waals surface area (Å²) in [7, 11) is 0. The van der Waals surface area contributed by atoms with Crippen LogP contribution in [-0.2, 0) is 14.4 Å². The number of carboxylic acid groups (broad SMARTS) is 1. The summed E-state index contributed by atoms with van der Waals surface area (Å²) in [4.78, 5) is 34.0. The van der Waals surface area contributed by atoms with Crippen LogP contribution in [-0.4, -0.2) is 35.5 Å². The fourth-order valence-corrected chi connectivity index (χ4v) is 3.19. The summed E-state index contributed by atoms with van der Waals surface area (Å²) in [6.07, 6.45) is 4.21. The molecule has 1 atom stereocenters. The van der Waals surface area contributed by atoms with Gasteiger partial charge in [0.1, 0.15) is 0 Å². The molecule has 0 aromatic rings. The Hall–Kier alpha value is -1.59. The molecule has 1 saturated carbocycles. The van der Waals surface area contributed by atoms with Crippen LogP contribution in [0.1, 0.15) is 44.9 Å². The number of hydrogen-bond donors (Lipinski definition) is 3. The Morgan fingerprint density at radius 3 is 2.53 bits per heavy atom. The maximum Gasteiger partial charge on any atom is 0.303 e. The van der Waals surface area contributed by atoms with Crippen LogP contribution in [0.25, 0.3) is 0 Å². The van der Waals surface area contributed by atoms with Crippen LogP contribution in [0.2, 0.25) is 0 Å². The minimum absolute atomic E-state index is 0.0496. The third-order valence-corrected chi connectivity index (χ3v) is 4.07. The Kier molecular flexibility index (Phi) is 4.07. The van der Waals surface area contributed by atoms with Crippen molar-refractivity contribution in [3.05, 3.63) is 0 Å². The second kappa shape index (κ2) is 5.59. The largest absolute Gasteiger partial charge is 0.481 e. The Morgan fingerprint density at radius 1 is 1.32 bits per heavy atom. The van der Waals surface area contributed by atoms with Gasteiger partial charge in [-0.25, -0.2) is 0 Å². The molecule has 19 heavy (non-hydrogen) atoms. The van der Waals surface area contributed by atoms with E-state index in [0.717, 1.165) is 25.7 Å². The van der Waals surface area contributed by atoms with Crippen LogP contribution >= 0.6 is 0 Å². The SMILES string of the molecule is O=C(O)CC1(CC(=O)NC2CNC(=O)C2)CCCC1. The van der Waals surface area contributed by atoms with Crippen LogP contribution in [0.4, 0.5) is 0 Å². The maximum atomic E-state index is 12.0. The molecule has 1 aliphatic carbocycles. The molecule has 2 fully saturated rings. The van der Waals surface area contributed by atoms with Crippen LogP contribution in [0, 0.1) is 5.41 Å². The summed E-state index contributed by atoms with van der Waals surface area (Å²) in [5, 5.41) is 14.5. The molecule has 1 unspecified atom stereocenters. The normalized spacial score (nSPS) is 25.1. The Morgan fingerprint density at radius 2 is 2.00 bits per heavy atom. The van der Waals surface area contributed by atoms with E-state index < -0.39 is 5.97 Å². The van der Waals surface area contributed by atoms with E-state index in [4.69, 9.17) is 5.11 Å². The molecule has 2 amide bonds. The lowest BCUT2D eigenvalue weighted by Gasteiger charge is -2.27. The topological polar surface area (TPSA) is 95.5 Å². The summed E-state index contributed by atoms with van der Waals surface area (Å²) in [6.45, 7) is 0.469. The highest BCUT2D eigenvalue weighted by Gasteiger charge is 2.38. The number of nitrogens with one attached hydrogen (secondary N) is 2. The molecule has 0 radical (unpaired) electrons. The van der Waals surface area contributed by atoms with Crippen molar-refractivity contribution in [2.45, 2.75) is 51.0 Å². The fraction of sp³-hybridized carbons (Fsp3) is 0.769. The van der Waals surface area contributed by atoms with E-state index in [-0.39, 0.29) is 36.1 Å². The first-order valence-corrected chi connectivity index (χ1v) is 6.77. The van der Waals surface area contributed by atoms with Crippen LogP contribution in [0.3, 0.4) is 0 Å². The van der Waals surface area contributed by atoms with Crippen molar-refractivity contribution in [1.29, 1.82) is 0 Å². The monoisotopic (exact) mass is 268 g/mol. The van der Waals surface area contributed by atoms with Gasteiger partial charge in [0, 0.05) is 19.4 Å². The smallest absolute Gasteiger partial charge is 0.303 e. The molecule has 106 valence electrons. The van der Waals surface area contributed by atoms with Gasteiger partial charge in [-0.3, -0.25) is 14.4 Å². The second-order valence-corrected chi connectivity index (χ2v) is 5.73. The molecule has 6 nitrogen and oxygen atoms in total. The van der Waals surface area contributed by atoms with Crippen molar-refractivity contribution in [3.63, 3.8) is 0 Å². The van der Waals surface area contributed by atoms with Gasteiger partial charge in [-0.15, -0.1) is 0 Å². The van der Waals surface area contributed by atoms with Gasteiger partial charge < -0.3 is 15.7 Å². The summed E-state index contributed by atoms with van der Waals surface area (Å²) >= 11 is 0. The van der Waals surface area contributed by atoms with E-state index in [0.29, 0.717) is 13.0 Å². The fourth-order valence-electron chi connectivity index (χ4n) is 3.19. The molecule has 1 heterocycles. The predicted octanol–water partition coefficient (Wildman–Crippen LogP) is 0.416. The van der Waals surface area contributed by atoms with Gasteiger partial charge >= 0.3 is 5.97 Å². The van der Waals surface area contributed by atoms with E-state index >= 15 is 0 Å². The van der Waals surface area contributed by atoms with Crippen molar-refractivity contribution in [2.24, 2.45) is 5.41 Å². The number of carbonyl (C=O) groups excluding carboxylic acids is 2. The Balaban J connectivity index is 1.88. The Bertz CT molecular complexity index is 388. The first-order valence-electron chi connectivity index (χ1n) is 6.77. The summed E-state index contributed by atoms with van der Waals surface area (Å²) in [5.41, 5.74) is -0.383. The second-order valence-electron chi connectivity index (χ2n) is 5.73. The average Bonchev–Trinajstić information content (AvgIpc) is 2.87. The number of hydrogen-bond acceptors (Lipinski definition) is 3. The van der Waals surface area contributed by atoms with E-state index in [1.54, 1.807) is 0 Å². The molecular formula is C13H20N2O4. The zero-order valence-electron chi connectivity index (χ0n) is 10.9. The summed E-state index contributed by atoms with van der Waals surface area (Å²) in [6, 6.07) is -0.150. The molecule has 0 aromatic heterocycles. The van der Waals surface area contributed by atoms with Crippen molar-refractivity contribution >= 4 is 17.8 Å². The minimum Gasteiger partial charge on any atom is -0.481 e. The van der Waals surface area contributed by atoms with Crippen LogP contribution in [0.5, 0.6) is 0 Å². The predicted molar refractivity (Wildman–Crippen MR) is 67.3 cm³/mol. The molecule has 0 spiro atoms. The minimum atomic E-state index is -0.840. The highest BCUT2D eigenvalue weighted by molar-refractivity contribution is 5.82. The molecule has 2 rings (SSSR count). The van der Waals surface area contributed by atoms with Crippen molar-refractivity contribution in [1.82, 2.24) is 10.6 Å². The number of carbonyl (C=O) groups is 3. The Labute approximate surface area is 111 Å². The van der Waals surface area contributed by atoms with Crippen LogP contribution < -0.4 is 10.6 Å². The van der Waals surface area contributed by atoms with E-state index in [9.17, 15) is 14.4 Å². The van der Waals surface area contributed by atoms with E-state index in [1.165, 1.54) is 0 Å². The van der Waals surface area contributed by atoms with Crippen molar-refractivity contribution < 1.29 is 19.5 Å². The summed E-state index contributed by atoms with van der Waals surface area (Å²) < 4.78 is 0. The van der Waals surface area contributed by atoms with E-state index in [1.807, 2.05) is 0 Å². The molecule has 6 heteroatoms. The molecule has 2 aliphatic rings. The van der Waals surface area contributed by atoms with Crippen molar-refractivity contribution in [2.75, 3.05) is 6.54 Å². The molecule has 0 bridgehead atoms. The third kappa shape index (κ3) is 3.68.